The number of nitrogens with zero attached hydrogens (tertiary/aromatic N) is 2. The summed E-state index contributed by atoms with van der Waals surface area (Å²) in [7, 11) is 0. The lowest BCUT2D eigenvalue weighted by molar-refractivity contribution is -0.117. The van der Waals surface area contributed by atoms with Gasteiger partial charge in [-0.15, -0.1) is 10.2 Å². The molecule has 0 aromatic carbocycles. The van der Waals surface area contributed by atoms with E-state index < -0.39 is 0 Å². The Hall–Kier alpha value is -0.970. The minimum absolute atomic E-state index is 0.125. The fourth-order valence-corrected chi connectivity index (χ4v) is 5.15. The van der Waals surface area contributed by atoms with E-state index in [1.807, 2.05) is 0 Å². The van der Waals surface area contributed by atoms with Crippen molar-refractivity contribution in [3.63, 3.8) is 0 Å². The predicted octanol–water partition coefficient (Wildman–Crippen LogP) is 4.21. The lowest BCUT2D eigenvalue weighted by Gasteiger charge is -2.20. The fourth-order valence-electron chi connectivity index (χ4n) is 4.12. The van der Waals surface area contributed by atoms with E-state index in [4.69, 9.17) is 0 Å². The van der Waals surface area contributed by atoms with Crippen LogP contribution in [-0.2, 0) is 4.79 Å². The van der Waals surface area contributed by atoms with E-state index in [1.54, 1.807) is 0 Å². The van der Waals surface area contributed by atoms with Crippen molar-refractivity contribution < 1.29 is 4.79 Å². The molecule has 0 spiro atoms. The zero-order valence-corrected chi connectivity index (χ0v) is 13.8. The molecule has 5 heteroatoms. The summed E-state index contributed by atoms with van der Waals surface area (Å²) in [5.41, 5.74) is 0. The third kappa shape index (κ3) is 3.28. The number of rotatable bonds is 6. The van der Waals surface area contributed by atoms with Gasteiger partial charge < -0.3 is 5.32 Å². The van der Waals surface area contributed by atoms with E-state index in [2.05, 4.69) is 29.4 Å². The summed E-state index contributed by atoms with van der Waals surface area (Å²) in [6.45, 7) is 4.34. The number of nitrogens with one attached hydrogen (secondary N) is 1. The fraction of sp³-hybridized carbons (Fsp3) is 0.812. The molecule has 116 valence electrons. The first-order valence-corrected chi connectivity index (χ1v) is 9.14. The van der Waals surface area contributed by atoms with Crippen LogP contribution >= 0.6 is 11.3 Å². The van der Waals surface area contributed by atoms with Gasteiger partial charge in [-0.2, -0.15) is 0 Å². The smallest absolute Gasteiger partial charge is 0.226 e. The molecule has 0 saturated heterocycles. The number of hydrogen-bond acceptors (Lipinski definition) is 4. The summed E-state index contributed by atoms with van der Waals surface area (Å²) in [5.74, 6) is 2.90. The van der Waals surface area contributed by atoms with Crippen LogP contribution in [0.5, 0.6) is 0 Å². The Kier molecular flexibility index (Phi) is 4.57. The highest BCUT2D eigenvalue weighted by molar-refractivity contribution is 7.15. The molecule has 2 saturated carbocycles. The summed E-state index contributed by atoms with van der Waals surface area (Å²) in [6.07, 6.45) is 8.15. The van der Waals surface area contributed by atoms with Crippen LogP contribution in [0.15, 0.2) is 0 Å². The van der Waals surface area contributed by atoms with Crippen molar-refractivity contribution in [3.8, 4) is 0 Å². The molecule has 1 aromatic rings. The maximum absolute atomic E-state index is 12.2. The van der Waals surface area contributed by atoms with E-state index in [1.165, 1.54) is 37.0 Å². The van der Waals surface area contributed by atoms with Crippen molar-refractivity contribution in [2.45, 2.75) is 64.7 Å². The van der Waals surface area contributed by atoms with Gasteiger partial charge in [-0.1, -0.05) is 31.6 Å². The van der Waals surface area contributed by atoms with Gasteiger partial charge in [-0.25, -0.2) is 0 Å². The minimum atomic E-state index is 0.125. The van der Waals surface area contributed by atoms with Gasteiger partial charge in [-0.05, 0) is 49.9 Å². The molecule has 0 unspecified atom stereocenters. The van der Waals surface area contributed by atoms with Crippen LogP contribution in [0.4, 0.5) is 5.13 Å². The van der Waals surface area contributed by atoms with Crippen LogP contribution in [0.3, 0.4) is 0 Å². The van der Waals surface area contributed by atoms with Gasteiger partial charge in [0.2, 0.25) is 11.0 Å². The zero-order valence-electron chi connectivity index (χ0n) is 13.0. The number of amides is 1. The summed E-state index contributed by atoms with van der Waals surface area (Å²) in [4.78, 5) is 12.2. The van der Waals surface area contributed by atoms with Gasteiger partial charge in [0.25, 0.3) is 0 Å². The highest BCUT2D eigenvalue weighted by Crippen LogP contribution is 2.49. The van der Waals surface area contributed by atoms with Crippen molar-refractivity contribution in [1.29, 1.82) is 0 Å². The summed E-state index contributed by atoms with van der Waals surface area (Å²) in [6, 6.07) is 0. The number of carbonyl (C=O) groups excluding carboxylic acids is 1. The molecule has 0 aliphatic heterocycles. The molecule has 21 heavy (non-hydrogen) atoms. The third-order valence-electron chi connectivity index (χ3n) is 5.35. The Morgan fingerprint density at radius 1 is 1.29 bits per heavy atom. The molecule has 1 amide bonds. The minimum Gasteiger partial charge on any atom is -0.301 e. The average molecular weight is 307 g/mol. The van der Waals surface area contributed by atoms with Gasteiger partial charge >= 0.3 is 0 Å². The van der Waals surface area contributed by atoms with Gasteiger partial charge in [0.05, 0.1) is 0 Å². The lowest BCUT2D eigenvalue weighted by atomic mass is 9.86. The molecule has 0 radical (unpaired) electrons. The van der Waals surface area contributed by atoms with Crippen LogP contribution in [0.25, 0.3) is 0 Å². The Balaban J connectivity index is 1.53. The molecule has 1 N–H and O–H groups in total. The van der Waals surface area contributed by atoms with Crippen molar-refractivity contribution in [2.75, 3.05) is 5.32 Å². The summed E-state index contributed by atoms with van der Waals surface area (Å²) >= 11 is 1.54. The summed E-state index contributed by atoms with van der Waals surface area (Å²) < 4.78 is 0. The Morgan fingerprint density at radius 3 is 2.71 bits per heavy atom. The number of carbonyl (C=O) groups is 1. The molecular formula is C16H25N3OS. The number of hydrogen-bond donors (Lipinski definition) is 1. The molecule has 2 aliphatic rings. The molecule has 1 aromatic heterocycles. The van der Waals surface area contributed by atoms with Crippen LogP contribution in [-0.4, -0.2) is 16.1 Å². The monoisotopic (exact) mass is 307 g/mol. The maximum Gasteiger partial charge on any atom is 0.226 e. The molecule has 2 bridgehead atoms. The van der Waals surface area contributed by atoms with Crippen LogP contribution in [0.2, 0.25) is 0 Å². The van der Waals surface area contributed by atoms with Crippen molar-refractivity contribution >= 4 is 22.4 Å². The van der Waals surface area contributed by atoms with E-state index >= 15 is 0 Å². The van der Waals surface area contributed by atoms with Gasteiger partial charge in [-0.3, -0.25) is 4.79 Å². The summed E-state index contributed by atoms with van der Waals surface area (Å²) in [5, 5.41) is 13.0. The van der Waals surface area contributed by atoms with Crippen LogP contribution < -0.4 is 5.32 Å². The molecule has 4 nitrogen and oxygen atoms in total. The first kappa shape index (κ1) is 14.9. The maximum atomic E-state index is 12.2. The third-order valence-corrected chi connectivity index (χ3v) is 6.36. The standard InChI is InChI=1S/C16H25N3OS/c1-3-11(4-2)15-18-19-16(21-15)17-14(20)9-13-8-10-5-6-12(13)7-10/h10-13H,3-9H2,1-2H3,(H,17,19,20)/t10-,12+,13+/m0/s1. The van der Waals surface area contributed by atoms with Gasteiger partial charge in [0, 0.05) is 12.3 Å². The van der Waals surface area contributed by atoms with Crippen molar-refractivity contribution in [3.05, 3.63) is 5.01 Å². The van der Waals surface area contributed by atoms with E-state index in [0.717, 1.165) is 29.7 Å². The molecular weight excluding hydrogens is 282 g/mol. The number of anilines is 1. The first-order chi connectivity index (χ1) is 10.2. The largest absolute Gasteiger partial charge is 0.301 e. The first-order valence-electron chi connectivity index (χ1n) is 8.32. The highest BCUT2D eigenvalue weighted by atomic mass is 32.1. The van der Waals surface area contributed by atoms with Gasteiger partial charge in [0.15, 0.2) is 0 Å². The van der Waals surface area contributed by atoms with Crippen molar-refractivity contribution in [2.24, 2.45) is 17.8 Å². The second kappa shape index (κ2) is 6.42. The zero-order chi connectivity index (χ0) is 14.8. The number of aromatic nitrogens is 2. The second-order valence-electron chi connectivity index (χ2n) is 6.65. The normalized spacial score (nSPS) is 27.5. The van der Waals surface area contributed by atoms with Gasteiger partial charge in [0.1, 0.15) is 5.01 Å². The Labute approximate surface area is 130 Å². The lowest BCUT2D eigenvalue weighted by Crippen LogP contribution is -2.20. The molecule has 2 aliphatic carbocycles. The van der Waals surface area contributed by atoms with E-state index in [9.17, 15) is 4.79 Å². The molecule has 1 heterocycles. The SMILES string of the molecule is CCC(CC)c1nnc(NC(=O)C[C@H]2C[C@H]3CC[C@@H]2C3)s1. The van der Waals surface area contributed by atoms with Crippen LogP contribution in [0.1, 0.15) is 69.7 Å². The second-order valence-corrected chi connectivity index (χ2v) is 7.66. The quantitative estimate of drug-likeness (QED) is 0.856. The predicted molar refractivity (Wildman–Crippen MR) is 85.4 cm³/mol. The molecule has 2 fully saturated rings. The topological polar surface area (TPSA) is 54.9 Å². The highest BCUT2D eigenvalue weighted by Gasteiger charge is 2.40. The Bertz CT molecular complexity index is 497. The average Bonchev–Trinajstić information content (AvgIpc) is 3.17. The molecule has 3 rings (SSSR count). The van der Waals surface area contributed by atoms with Crippen molar-refractivity contribution in [1.82, 2.24) is 10.2 Å². The van der Waals surface area contributed by atoms with Crippen LogP contribution in [0, 0.1) is 17.8 Å². The Morgan fingerprint density at radius 2 is 2.10 bits per heavy atom. The molecule has 3 atom stereocenters. The number of fused-ring (bicyclic) bond motifs is 2. The van der Waals surface area contributed by atoms with E-state index in [-0.39, 0.29) is 5.91 Å². The van der Waals surface area contributed by atoms with E-state index in [0.29, 0.717) is 23.4 Å².